The molecule has 4 nitrogen and oxygen atoms in total. The number of carbonyl (C=O) groups excluding carboxylic acids is 2. The van der Waals surface area contributed by atoms with Crippen molar-refractivity contribution in [2.45, 2.75) is 38.3 Å². The highest BCUT2D eigenvalue weighted by Crippen LogP contribution is 2.42. The van der Waals surface area contributed by atoms with Crippen LogP contribution in [-0.4, -0.2) is 47.0 Å². The molecule has 2 heterocycles. The summed E-state index contributed by atoms with van der Waals surface area (Å²) in [6, 6.07) is -0.256. The standard InChI is InChI=1S/C11H17NO3S/c1-11(2,3)8(13)6-5-16-10-7(15-4)9(14)12(6)10/h6-7,10H,5H2,1-4H3. The summed E-state index contributed by atoms with van der Waals surface area (Å²) in [5, 5.41) is 0.0498. The van der Waals surface area contributed by atoms with Crippen LogP contribution in [0, 0.1) is 5.41 Å². The SMILES string of the molecule is COC1C(=O)N2C(C(=O)C(C)(C)C)CSC12. The molecule has 0 aromatic carbocycles. The Hall–Kier alpha value is -0.550. The lowest BCUT2D eigenvalue weighted by Gasteiger charge is -2.43. The molecule has 90 valence electrons. The Morgan fingerprint density at radius 1 is 1.50 bits per heavy atom. The molecule has 2 saturated heterocycles. The highest BCUT2D eigenvalue weighted by atomic mass is 32.2. The van der Waals surface area contributed by atoms with Crippen molar-refractivity contribution in [1.82, 2.24) is 4.90 Å². The average Bonchev–Trinajstić information content (AvgIpc) is 2.55. The van der Waals surface area contributed by atoms with Crippen LogP contribution in [0.5, 0.6) is 0 Å². The predicted molar refractivity (Wildman–Crippen MR) is 62.1 cm³/mol. The Morgan fingerprint density at radius 2 is 2.12 bits per heavy atom. The first-order valence-corrected chi connectivity index (χ1v) is 6.43. The maximum absolute atomic E-state index is 12.1. The topological polar surface area (TPSA) is 46.6 Å². The monoisotopic (exact) mass is 243 g/mol. The van der Waals surface area contributed by atoms with Gasteiger partial charge in [0.05, 0.1) is 0 Å². The summed E-state index contributed by atoms with van der Waals surface area (Å²) in [6.45, 7) is 5.68. The third kappa shape index (κ3) is 1.57. The van der Waals surface area contributed by atoms with Gasteiger partial charge in [-0.2, -0.15) is 0 Å². The summed E-state index contributed by atoms with van der Waals surface area (Å²) in [7, 11) is 1.54. The lowest BCUT2D eigenvalue weighted by atomic mass is 9.85. The molecule has 0 saturated carbocycles. The molecule has 0 aromatic heterocycles. The Balaban J connectivity index is 2.12. The van der Waals surface area contributed by atoms with Gasteiger partial charge in [0.1, 0.15) is 11.4 Å². The Bertz CT molecular complexity index is 337. The van der Waals surface area contributed by atoms with Crippen LogP contribution >= 0.6 is 11.8 Å². The smallest absolute Gasteiger partial charge is 0.256 e. The van der Waals surface area contributed by atoms with E-state index in [-0.39, 0.29) is 29.2 Å². The number of carbonyl (C=O) groups is 2. The molecule has 2 rings (SSSR count). The molecule has 0 radical (unpaired) electrons. The Morgan fingerprint density at radius 3 is 2.62 bits per heavy atom. The van der Waals surface area contributed by atoms with Crippen LogP contribution in [0.3, 0.4) is 0 Å². The minimum Gasteiger partial charge on any atom is -0.368 e. The van der Waals surface area contributed by atoms with Crippen LogP contribution < -0.4 is 0 Å². The molecule has 2 aliphatic rings. The van der Waals surface area contributed by atoms with Crippen LogP contribution in [0.15, 0.2) is 0 Å². The van der Waals surface area contributed by atoms with E-state index in [9.17, 15) is 9.59 Å². The second-order valence-electron chi connectivity index (χ2n) is 5.26. The van der Waals surface area contributed by atoms with E-state index in [4.69, 9.17) is 4.74 Å². The van der Waals surface area contributed by atoms with Crippen molar-refractivity contribution in [2.24, 2.45) is 5.41 Å². The first-order valence-electron chi connectivity index (χ1n) is 5.39. The summed E-state index contributed by atoms with van der Waals surface area (Å²) >= 11 is 1.64. The van der Waals surface area contributed by atoms with Crippen molar-refractivity contribution in [3.8, 4) is 0 Å². The van der Waals surface area contributed by atoms with Gasteiger partial charge in [0, 0.05) is 18.3 Å². The van der Waals surface area contributed by atoms with Crippen LogP contribution in [-0.2, 0) is 14.3 Å². The number of nitrogens with zero attached hydrogens (tertiary/aromatic N) is 1. The number of fused-ring (bicyclic) bond motifs is 1. The van der Waals surface area contributed by atoms with Crippen molar-refractivity contribution in [2.75, 3.05) is 12.9 Å². The maximum atomic E-state index is 12.1. The zero-order valence-electron chi connectivity index (χ0n) is 10.0. The predicted octanol–water partition coefficient (Wildman–Crippen LogP) is 0.900. The molecule has 0 N–H and O–H groups in total. The highest BCUT2D eigenvalue weighted by Gasteiger charge is 2.57. The molecule has 3 unspecified atom stereocenters. The lowest BCUT2D eigenvalue weighted by Crippen LogP contribution is -2.65. The van der Waals surface area contributed by atoms with E-state index in [1.807, 2.05) is 20.8 Å². The van der Waals surface area contributed by atoms with Gasteiger partial charge in [-0.1, -0.05) is 20.8 Å². The van der Waals surface area contributed by atoms with E-state index in [2.05, 4.69) is 0 Å². The number of hydrogen-bond donors (Lipinski definition) is 0. The van der Waals surface area contributed by atoms with Crippen LogP contribution in [0.1, 0.15) is 20.8 Å². The lowest BCUT2D eigenvalue weighted by molar-refractivity contribution is -0.167. The van der Waals surface area contributed by atoms with Crippen LogP contribution in [0.25, 0.3) is 0 Å². The quantitative estimate of drug-likeness (QED) is 0.676. The first kappa shape index (κ1) is 11.9. The molecule has 5 heteroatoms. The maximum Gasteiger partial charge on any atom is 0.256 e. The number of ketones is 1. The number of amides is 1. The summed E-state index contributed by atoms with van der Waals surface area (Å²) in [5.41, 5.74) is -0.390. The van der Waals surface area contributed by atoms with Gasteiger partial charge in [-0.25, -0.2) is 0 Å². The molecule has 0 aromatic rings. The number of ether oxygens (including phenoxy) is 1. The number of methoxy groups -OCH3 is 1. The number of Topliss-reactive ketones (excluding diaryl/α,β-unsaturated/α-hetero) is 1. The molecule has 0 aliphatic carbocycles. The molecule has 2 fully saturated rings. The minimum atomic E-state index is -0.390. The van der Waals surface area contributed by atoms with Crippen LogP contribution in [0.4, 0.5) is 0 Å². The van der Waals surface area contributed by atoms with Gasteiger partial charge in [0.2, 0.25) is 0 Å². The van der Waals surface area contributed by atoms with E-state index in [0.717, 1.165) is 0 Å². The summed E-state index contributed by atoms with van der Waals surface area (Å²) in [4.78, 5) is 25.6. The highest BCUT2D eigenvalue weighted by molar-refractivity contribution is 8.00. The molecule has 0 bridgehead atoms. The van der Waals surface area contributed by atoms with Crippen molar-refractivity contribution >= 4 is 23.5 Å². The van der Waals surface area contributed by atoms with E-state index in [1.54, 1.807) is 23.8 Å². The van der Waals surface area contributed by atoms with Gasteiger partial charge in [-0.3, -0.25) is 9.59 Å². The second-order valence-corrected chi connectivity index (χ2v) is 6.41. The molecule has 3 atom stereocenters. The van der Waals surface area contributed by atoms with Gasteiger partial charge in [-0.05, 0) is 0 Å². The van der Waals surface area contributed by atoms with Crippen molar-refractivity contribution in [1.29, 1.82) is 0 Å². The van der Waals surface area contributed by atoms with E-state index in [0.29, 0.717) is 5.75 Å². The number of rotatable bonds is 2. The summed E-state index contributed by atoms with van der Waals surface area (Å²) in [5.74, 6) is 0.803. The zero-order valence-corrected chi connectivity index (χ0v) is 10.8. The van der Waals surface area contributed by atoms with Gasteiger partial charge in [0.25, 0.3) is 5.91 Å². The first-order chi connectivity index (χ1) is 7.38. The fourth-order valence-electron chi connectivity index (χ4n) is 2.15. The minimum absolute atomic E-state index is 0.0416. The second kappa shape index (κ2) is 3.74. The van der Waals surface area contributed by atoms with Crippen molar-refractivity contribution in [3.63, 3.8) is 0 Å². The zero-order chi connectivity index (χ0) is 12.1. The van der Waals surface area contributed by atoms with Crippen LogP contribution in [0.2, 0.25) is 0 Å². The van der Waals surface area contributed by atoms with Crippen molar-refractivity contribution in [3.05, 3.63) is 0 Å². The Kier molecular flexibility index (Phi) is 2.78. The normalized spacial score (nSPS) is 33.6. The summed E-state index contributed by atoms with van der Waals surface area (Å²) in [6.07, 6.45) is -0.345. The van der Waals surface area contributed by atoms with E-state index < -0.39 is 5.41 Å². The van der Waals surface area contributed by atoms with Crippen molar-refractivity contribution < 1.29 is 14.3 Å². The molecule has 2 aliphatic heterocycles. The largest absolute Gasteiger partial charge is 0.368 e. The fourth-order valence-corrected chi connectivity index (χ4v) is 3.65. The number of β-lactam (4-membered cyclic amide) rings is 1. The fraction of sp³-hybridized carbons (Fsp3) is 0.818. The average molecular weight is 243 g/mol. The molecular weight excluding hydrogens is 226 g/mol. The molecule has 0 spiro atoms. The third-order valence-corrected chi connectivity index (χ3v) is 4.41. The van der Waals surface area contributed by atoms with E-state index in [1.165, 1.54) is 0 Å². The number of hydrogen-bond acceptors (Lipinski definition) is 4. The van der Waals surface area contributed by atoms with Gasteiger partial charge >= 0.3 is 0 Å². The molecule has 1 amide bonds. The van der Waals surface area contributed by atoms with Gasteiger partial charge in [-0.15, -0.1) is 11.8 Å². The van der Waals surface area contributed by atoms with E-state index >= 15 is 0 Å². The number of thioether (sulfide) groups is 1. The molecule has 16 heavy (non-hydrogen) atoms. The Labute approximate surface area is 99.7 Å². The summed E-state index contributed by atoms with van der Waals surface area (Å²) < 4.78 is 5.10. The van der Waals surface area contributed by atoms with Gasteiger partial charge in [0.15, 0.2) is 11.9 Å². The van der Waals surface area contributed by atoms with Gasteiger partial charge < -0.3 is 9.64 Å². The third-order valence-electron chi connectivity index (χ3n) is 3.09. The molecular formula is C11H17NO3S.